The first-order chi connectivity index (χ1) is 16.2. The van der Waals surface area contributed by atoms with Gasteiger partial charge >= 0.3 is 5.97 Å². The summed E-state index contributed by atoms with van der Waals surface area (Å²) in [4.78, 5) is 30.5. The highest BCUT2D eigenvalue weighted by molar-refractivity contribution is 7.92. The molecule has 3 unspecified atom stereocenters. The van der Waals surface area contributed by atoms with Gasteiger partial charge in [0.2, 0.25) is 0 Å². The molecule has 1 aliphatic carbocycles. The van der Waals surface area contributed by atoms with Gasteiger partial charge in [0.15, 0.2) is 10.8 Å². The monoisotopic (exact) mass is 504 g/mol. The maximum Gasteiger partial charge on any atom is 0.322 e. The quantitative estimate of drug-likeness (QED) is 0.450. The van der Waals surface area contributed by atoms with Crippen LogP contribution >= 0.6 is 11.3 Å². The predicted octanol–water partition coefficient (Wildman–Crippen LogP) is 4.00. The number of sulfonamides is 1. The lowest BCUT2D eigenvalue weighted by molar-refractivity contribution is -0.152. The summed E-state index contributed by atoms with van der Waals surface area (Å²) < 4.78 is 33.4. The number of thiazole rings is 1. The van der Waals surface area contributed by atoms with E-state index in [0.29, 0.717) is 35.4 Å². The third-order valence-electron chi connectivity index (χ3n) is 6.32. The molecule has 34 heavy (non-hydrogen) atoms. The topological polar surface area (TPSA) is 123 Å². The summed E-state index contributed by atoms with van der Waals surface area (Å²) in [6, 6.07) is 6.75. The Morgan fingerprint density at radius 1 is 1.24 bits per heavy atom. The van der Waals surface area contributed by atoms with E-state index in [4.69, 9.17) is 4.74 Å². The molecule has 10 heteroatoms. The summed E-state index contributed by atoms with van der Waals surface area (Å²) in [7, 11) is -3.85. The van der Waals surface area contributed by atoms with Crippen molar-refractivity contribution in [3.63, 3.8) is 0 Å². The van der Waals surface area contributed by atoms with Crippen molar-refractivity contribution in [2.45, 2.75) is 63.0 Å². The lowest BCUT2D eigenvalue weighted by atomic mass is 9.73. The van der Waals surface area contributed by atoms with Crippen molar-refractivity contribution in [1.29, 1.82) is 0 Å². The Morgan fingerprint density at radius 3 is 2.74 bits per heavy atom. The van der Waals surface area contributed by atoms with Gasteiger partial charge in [0.05, 0.1) is 11.6 Å². The summed E-state index contributed by atoms with van der Waals surface area (Å²) in [5, 5.41) is 11.5. The SMILES string of the molecule is CC(C)C(c1cccc(NS(=O)(=O)c2cscn2)c1)C1C(=O)OC2=C(CCCCC(O)C2)C1=O. The first kappa shape index (κ1) is 24.6. The molecule has 1 aliphatic heterocycles. The van der Waals surface area contributed by atoms with Crippen molar-refractivity contribution < 1.29 is 27.9 Å². The van der Waals surface area contributed by atoms with Crippen LogP contribution in [0.5, 0.6) is 0 Å². The summed E-state index contributed by atoms with van der Waals surface area (Å²) in [6.45, 7) is 3.84. The van der Waals surface area contributed by atoms with Gasteiger partial charge in [0, 0.05) is 29.0 Å². The number of ketones is 1. The molecule has 2 aliphatic rings. The number of hydrogen-bond acceptors (Lipinski definition) is 8. The normalized spacial score (nSPS) is 22.6. The maximum absolute atomic E-state index is 13.6. The van der Waals surface area contributed by atoms with Crippen LogP contribution in [-0.2, 0) is 24.3 Å². The molecule has 2 heterocycles. The number of hydrogen-bond donors (Lipinski definition) is 2. The van der Waals surface area contributed by atoms with Crippen molar-refractivity contribution in [2.24, 2.45) is 11.8 Å². The van der Waals surface area contributed by atoms with Crippen LogP contribution in [0.2, 0.25) is 0 Å². The molecule has 0 bridgehead atoms. The number of nitrogens with one attached hydrogen (secondary N) is 1. The lowest BCUT2D eigenvalue weighted by Gasteiger charge is -2.34. The van der Waals surface area contributed by atoms with Gasteiger partial charge in [-0.1, -0.05) is 32.4 Å². The molecule has 1 aromatic carbocycles. The van der Waals surface area contributed by atoms with Gasteiger partial charge < -0.3 is 9.84 Å². The average molecular weight is 505 g/mol. The number of Topliss-reactive ketones (excluding diaryl/α,β-unsaturated/α-hetero) is 1. The number of carbonyl (C=O) groups excluding carboxylic acids is 2. The summed E-state index contributed by atoms with van der Waals surface area (Å²) in [5.41, 5.74) is 2.92. The largest absolute Gasteiger partial charge is 0.430 e. The molecule has 0 saturated heterocycles. The highest BCUT2D eigenvalue weighted by Gasteiger charge is 2.45. The van der Waals surface area contributed by atoms with E-state index in [9.17, 15) is 23.1 Å². The van der Waals surface area contributed by atoms with E-state index < -0.39 is 33.9 Å². The lowest BCUT2D eigenvalue weighted by Crippen LogP contribution is -2.39. The molecule has 0 fully saturated rings. The molecule has 0 amide bonds. The van der Waals surface area contributed by atoms with Gasteiger partial charge in [0.25, 0.3) is 10.0 Å². The van der Waals surface area contributed by atoms with Gasteiger partial charge in [-0.05, 0) is 42.9 Å². The highest BCUT2D eigenvalue weighted by atomic mass is 32.2. The molecular formula is C24H28N2O6S2. The Bertz CT molecular complexity index is 1200. The number of esters is 1. The Labute approximate surface area is 203 Å². The van der Waals surface area contributed by atoms with Crippen LogP contribution in [0.3, 0.4) is 0 Å². The van der Waals surface area contributed by atoms with Crippen molar-refractivity contribution in [3.8, 4) is 0 Å². The molecule has 0 spiro atoms. The minimum absolute atomic E-state index is 0.0692. The average Bonchev–Trinajstić information content (AvgIpc) is 3.30. The molecule has 4 rings (SSSR count). The second-order valence-electron chi connectivity index (χ2n) is 9.10. The van der Waals surface area contributed by atoms with Crippen molar-refractivity contribution >= 4 is 38.8 Å². The Hall–Kier alpha value is -2.56. The molecular weight excluding hydrogens is 476 g/mol. The molecule has 0 radical (unpaired) electrons. The minimum atomic E-state index is -3.85. The number of aromatic nitrogens is 1. The van der Waals surface area contributed by atoms with Crippen LogP contribution in [0.25, 0.3) is 0 Å². The number of carbonyl (C=O) groups is 2. The number of nitrogens with zero attached hydrogens (tertiary/aromatic N) is 1. The summed E-state index contributed by atoms with van der Waals surface area (Å²) in [5.74, 6) is -2.22. The zero-order valence-electron chi connectivity index (χ0n) is 19.1. The number of benzene rings is 1. The third-order valence-corrected chi connectivity index (χ3v) is 8.33. The van der Waals surface area contributed by atoms with Crippen LogP contribution < -0.4 is 4.72 Å². The number of ether oxygens (including phenoxy) is 1. The van der Waals surface area contributed by atoms with Crippen LogP contribution in [0.1, 0.15) is 57.4 Å². The van der Waals surface area contributed by atoms with Crippen molar-refractivity contribution in [2.75, 3.05) is 4.72 Å². The van der Waals surface area contributed by atoms with E-state index in [2.05, 4.69) is 9.71 Å². The smallest absolute Gasteiger partial charge is 0.322 e. The Kier molecular flexibility index (Phi) is 7.20. The van der Waals surface area contributed by atoms with Gasteiger partial charge in [-0.2, -0.15) is 8.42 Å². The van der Waals surface area contributed by atoms with Crippen LogP contribution in [0.4, 0.5) is 5.69 Å². The van der Waals surface area contributed by atoms with Gasteiger partial charge in [0.1, 0.15) is 11.7 Å². The second kappa shape index (κ2) is 9.97. The number of anilines is 1. The number of aliphatic hydroxyl groups is 1. The fourth-order valence-corrected chi connectivity index (χ4v) is 6.61. The molecule has 0 saturated carbocycles. The minimum Gasteiger partial charge on any atom is -0.430 e. The Balaban J connectivity index is 1.66. The van der Waals surface area contributed by atoms with Crippen LogP contribution in [0.15, 0.2) is 51.5 Å². The molecule has 3 atom stereocenters. The maximum atomic E-state index is 13.6. The van der Waals surface area contributed by atoms with E-state index in [0.717, 1.165) is 12.8 Å². The van der Waals surface area contributed by atoms with Crippen molar-refractivity contribution in [1.82, 2.24) is 4.98 Å². The fraction of sp³-hybridized carbons (Fsp3) is 0.458. The predicted molar refractivity (Wildman–Crippen MR) is 128 cm³/mol. The second-order valence-corrected chi connectivity index (χ2v) is 11.4. The van der Waals surface area contributed by atoms with E-state index in [1.165, 1.54) is 22.2 Å². The van der Waals surface area contributed by atoms with E-state index >= 15 is 0 Å². The third kappa shape index (κ3) is 5.08. The van der Waals surface area contributed by atoms with Crippen LogP contribution in [-0.4, -0.2) is 36.4 Å². The Morgan fingerprint density at radius 2 is 2.03 bits per heavy atom. The first-order valence-corrected chi connectivity index (χ1v) is 13.8. The number of rotatable bonds is 6. The number of allylic oxidation sites excluding steroid dienone is 1. The van der Waals surface area contributed by atoms with Crippen LogP contribution in [0, 0.1) is 11.8 Å². The van der Waals surface area contributed by atoms with E-state index in [1.54, 1.807) is 24.3 Å². The van der Waals surface area contributed by atoms with Gasteiger partial charge in [-0.15, -0.1) is 11.3 Å². The van der Waals surface area contributed by atoms with E-state index in [1.807, 2.05) is 13.8 Å². The zero-order valence-corrected chi connectivity index (χ0v) is 20.7. The standard InChI is InChI=1S/C24H28N2O6S2/c1-14(2)21(15-6-5-7-16(10-15)26-34(30,31)20-12-33-13-25-20)22-23(28)18-9-4-3-8-17(27)11-19(18)32-24(22)29/h5-7,10,12-14,17,21-22,26-27H,3-4,8-9,11H2,1-2H3. The highest BCUT2D eigenvalue weighted by Crippen LogP contribution is 2.41. The van der Waals surface area contributed by atoms with Gasteiger partial charge in [-0.25, -0.2) is 4.98 Å². The molecule has 2 N–H and O–H groups in total. The van der Waals surface area contributed by atoms with Gasteiger partial charge in [-0.3, -0.25) is 14.3 Å². The summed E-state index contributed by atoms with van der Waals surface area (Å²) >= 11 is 1.18. The molecule has 182 valence electrons. The molecule has 2 aromatic rings. The van der Waals surface area contributed by atoms with Crippen molar-refractivity contribution in [3.05, 3.63) is 52.1 Å². The number of aliphatic hydroxyl groups excluding tert-OH is 1. The summed E-state index contributed by atoms with van der Waals surface area (Å²) in [6.07, 6.45) is 2.21. The first-order valence-electron chi connectivity index (χ1n) is 11.3. The molecule has 8 nitrogen and oxygen atoms in total. The van der Waals surface area contributed by atoms with E-state index in [-0.39, 0.29) is 23.1 Å². The zero-order chi connectivity index (χ0) is 24.5. The molecule has 1 aromatic heterocycles. The fourth-order valence-electron chi connectivity index (χ4n) is 4.73.